The van der Waals surface area contributed by atoms with E-state index >= 15 is 0 Å². The minimum Gasteiger partial charge on any atom is -0.496 e. The van der Waals surface area contributed by atoms with E-state index in [1.807, 2.05) is 24.3 Å². The molecule has 4 aromatic rings. The molecule has 0 spiro atoms. The van der Waals surface area contributed by atoms with Crippen LogP contribution in [0.1, 0.15) is 16.1 Å². The van der Waals surface area contributed by atoms with Crippen LogP contribution in [0, 0.1) is 5.82 Å². The Bertz CT molecular complexity index is 1170. The summed E-state index contributed by atoms with van der Waals surface area (Å²) in [4.78, 5) is 12.7. The van der Waals surface area contributed by atoms with E-state index in [2.05, 4.69) is 20.6 Å². The van der Waals surface area contributed by atoms with Crippen molar-refractivity contribution < 1.29 is 13.9 Å². The van der Waals surface area contributed by atoms with E-state index in [0.29, 0.717) is 28.9 Å². The first-order valence-corrected chi connectivity index (χ1v) is 9.03. The lowest BCUT2D eigenvalue weighted by Crippen LogP contribution is -2.27. The van der Waals surface area contributed by atoms with Crippen LogP contribution in [0.2, 0.25) is 0 Å². The first-order chi connectivity index (χ1) is 14.2. The molecular weight excluding hydrogens is 373 g/mol. The Morgan fingerprint density at radius 1 is 1.14 bits per heavy atom. The van der Waals surface area contributed by atoms with Gasteiger partial charge in [0.05, 0.1) is 7.11 Å². The van der Waals surface area contributed by atoms with Gasteiger partial charge in [0.2, 0.25) is 0 Å². The molecule has 2 aromatic carbocycles. The highest BCUT2D eigenvalue weighted by molar-refractivity contribution is 5.95. The summed E-state index contributed by atoms with van der Waals surface area (Å²) in [5.41, 5.74) is 2.71. The number of hydrogen-bond acceptors (Lipinski definition) is 5. The topological polar surface area (TPSA) is 81.4 Å². The Kier molecular flexibility index (Phi) is 5.15. The molecule has 0 radical (unpaired) electrons. The van der Waals surface area contributed by atoms with Crippen LogP contribution in [0.4, 0.5) is 4.39 Å². The first-order valence-electron chi connectivity index (χ1n) is 9.03. The Morgan fingerprint density at radius 3 is 2.76 bits per heavy atom. The standard InChI is InChI=1S/C21H18FN5O2/c1-29-19-9-5-3-7-15(19)16-12-18(26-27-13-24-25-20(16)27)21(28)23-11-10-14-6-2-4-8-17(14)22/h2-9,12-13H,10-11H2,1H3,(H,23,28). The maximum Gasteiger partial charge on any atom is 0.271 e. The summed E-state index contributed by atoms with van der Waals surface area (Å²) >= 11 is 0. The molecule has 2 heterocycles. The summed E-state index contributed by atoms with van der Waals surface area (Å²) < 4.78 is 20.6. The number of carbonyl (C=O) groups is 1. The van der Waals surface area contributed by atoms with Crippen LogP contribution < -0.4 is 10.1 Å². The summed E-state index contributed by atoms with van der Waals surface area (Å²) in [6, 6.07) is 15.6. The second kappa shape index (κ2) is 8.05. The number of halogens is 1. The van der Waals surface area contributed by atoms with Crippen molar-refractivity contribution in [2.24, 2.45) is 0 Å². The summed E-state index contributed by atoms with van der Waals surface area (Å²) in [6.45, 7) is 0.283. The Labute approximate surface area is 166 Å². The van der Waals surface area contributed by atoms with Crippen molar-refractivity contribution in [2.45, 2.75) is 6.42 Å². The molecule has 0 atom stereocenters. The smallest absolute Gasteiger partial charge is 0.271 e. The number of benzene rings is 2. The van der Waals surface area contributed by atoms with Gasteiger partial charge in [-0.25, -0.2) is 4.39 Å². The highest BCUT2D eigenvalue weighted by Crippen LogP contribution is 2.32. The van der Waals surface area contributed by atoms with Crippen molar-refractivity contribution in [2.75, 3.05) is 13.7 Å². The molecular formula is C21H18FN5O2. The van der Waals surface area contributed by atoms with E-state index in [1.54, 1.807) is 31.4 Å². The third kappa shape index (κ3) is 3.77. The number of amides is 1. The number of rotatable bonds is 6. The molecule has 0 unspecified atom stereocenters. The average molecular weight is 391 g/mol. The number of carbonyl (C=O) groups excluding carboxylic acids is 1. The second-order valence-electron chi connectivity index (χ2n) is 6.34. The van der Waals surface area contributed by atoms with Crippen LogP contribution in [-0.2, 0) is 6.42 Å². The lowest BCUT2D eigenvalue weighted by Gasteiger charge is -2.11. The normalized spacial score (nSPS) is 10.8. The number of ether oxygens (including phenoxy) is 1. The monoisotopic (exact) mass is 391 g/mol. The van der Waals surface area contributed by atoms with Crippen LogP contribution in [0.25, 0.3) is 16.8 Å². The second-order valence-corrected chi connectivity index (χ2v) is 6.34. The average Bonchev–Trinajstić information content (AvgIpc) is 3.23. The van der Waals surface area contributed by atoms with Gasteiger partial charge in [-0.05, 0) is 30.2 Å². The van der Waals surface area contributed by atoms with Crippen molar-refractivity contribution in [1.29, 1.82) is 0 Å². The summed E-state index contributed by atoms with van der Waals surface area (Å²) in [5.74, 6) is -0.00756. The minimum atomic E-state index is -0.368. The fourth-order valence-electron chi connectivity index (χ4n) is 3.11. The van der Waals surface area contributed by atoms with Gasteiger partial charge in [0, 0.05) is 17.7 Å². The molecule has 8 heteroatoms. The van der Waals surface area contributed by atoms with Gasteiger partial charge in [-0.2, -0.15) is 9.61 Å². The van der Waals surface area contributed by atoms with Crippen molar-refractivity contribution in [1.82, 2.24) is 25.1 Å². The van der Waals surface area contributed by atoms with Crippen LogP contribution in [0.15, 0.2) is 60.9 Å². The van der Waals surface area contributed by atoms with E-state index in [9.17, 15) is 9.18 Å². The molecule has 1 amide bonds. The zero-order valence-electron chi connectivity index (χ0n) is 15.7. The molecule has 0 bridgehead atoms. The van der Waals surface area contributed by atoms with Crippen molar-refractivity contribution in [3.05, 3.63) is 78.0 Å². The molecule has 29 heavy (non-hydrogen) atoms. The molecule has 0 aliphatic rings. The van der Waals surface area contributed by atoms with E-state index in [-0.39, 0.29) is 24.0 Å². The van der Waals surface area contributed by atoms with Gasteiger partial charge in [0.15, 0.2) is 5.65 Å². The van der Waals surface area contributed by atoms with Crippen molar-refractivity contribution >= 4 is 11.6 Å². The minimum absolute atomic E-state index is 0.201. The van der Waals surface area contributed by atoms with Gasteiger partial charge in [-0.3, -0.25) is 4.79 Å². The van der Waals surface area contributed by atoms with E-state index < -0.39 is 0 Å². The molecule has 0 aliphatic carbocycles. The SMILES string of the molecule is COc1ccccc1-c1cc(C(=O)NCCc2ccccc2F)nn2cnnc12. The fraction of sp³-hybridized carbons (Fsp3) is 0.143. The van der Waals surface area contributed by atoms with Gasteiger partial charge < -0.3 is 10.1 Å². The van der Waals surface area contributed by atoms with Crippen LogP contribution in [-0.4, -0.2) is 39.4 Å². The fourth-order valence-corrected chi connectivity index (χ4v) is 3.11. The number of methoxy groups -OCH3 is 1. The zero-order chi connectivity index (χ0) is 20.2. The Hall–Kier alpha value is -3.81. The lowest BCUT2D eigenvalue weighted by atomic mass is 10.1. The van der Waals surface area contributed by atoms with E-state index in [0.717, 1.165) is 5.56 Å². The largest absolute Gasteiger partial charge is 0.496 e. The highest BCUT2D eigenvalue weighted by atomic mass is 19.1. The molecule has 2 aromatic heterocycles. The van der Waals surface area contributed by atoms with Crippen LogP contribution in [0.5, 0.6) is 5.75 Å². The Balaban J connectivity index is 1.61. The predicted molar refractivity (Wildman–Crippen MR) is 105 cm³/mol. The zero-order valence-corrected chi connectivity index (χ0v) is 15.7. The van der Waals surface area contributed by atoms with Gasteiger partial charge in [-0.1, -0.05) is 36.4 Å². The Morgan fingerprint density at radius 2 is 1.93 bits per heavy atom. The first kappa shape index (κ1) is 18.5. The summed E-state index contributed by atoms with van der Waals surface area (Å²) in [6.07, 6.45) is 1.82. The van der Waals surface area contributed by atoms with Crippen molar-refractivity contribution in [3.8, 4) is 16.9 Å². The van der Waals surface area contributed by atoms with Crippen LogP contribution in [0.3, 0.4) is 0 Å². The number of nitrogens with zero attached hydrogens (tertiary/aromatic N) is 4. The third-order valence-corrected chi connectivity index (χ3v) is 4.54. The number of aromatic nitrogens is 4. The number of hydrogen-bond donors (Lipinski definition) is 1. The lowest BCUT2D eigenvalue weighted by molar-refractivity contribution is 0.0947. The maximum atomic E-state index is 13.7. The summed E-state index contributed by atoms with van der Waals surface area (Å²) in [5, 5.41) is 15.1. The van der Waals surface area contributed by atoms with E-state index in [4.69, 9.17) is 4.74 Å². The predicted octanol–water partition coefficient (Wildman–Crippen LogP) is 2.91. The van der Waals surface area contributed by atoms with Gasteiger partial charge >= 0.3 is 0 Å². The number of nitrogens with one attached hydrogen (secondary N) is 1. The molecule has 0 saturated heterocycles. The van der Waals surface area contributed by atoms with Gasteiger partial charge in [-0.15, -0.1) is 10.2 Å². The quantitative estimate of drug-likeness (QED) is 0.547. The van der Waals surface area contributed by atoms with E-state index in [1.165, 1.54) is 16.9 Å². The number of para-hydroxylation sites is 1. The molecule has 0 aliphatic heterocycles. The third-order valence-electron chi connectivity index (χ3n) is 4.54. The van der Waals surface area contributed by atoms with Crippen molar-refractivity contribution in [3.63, 3.8) is 0 Å². The highest BCUT2D eigenvalue weighted by Gasteiger charge is 2.17. The van der Waals surface area contributed by atoms with Gasteiger partial charge in [0.1, 0.15) is 23.6 Å². The summed E-state index contributed by atoms with van der Waals surface area (Å²) in [7, 11) is 1.58. The van der Waals surface area contributed by atoms with Crippen LogP contribution >= 0.6 is 0 Å². The maximum absolute atomic E-state index is 13.7. The molecule has 0 fully saturated rings. The molecule has 4 rings (SSSR count). The molecule has 7 nitrogen and oxygen atoms in total. The molecule has 146 valence electrons. The number of fused-ring (bicyclic) bond motifs is 1. The molecule has 0 saturated carbocycles. The van der Waals surface area contributed by atoms with Gasteiger partial charge in [0.25, 0.3) is 5.91 Å². The molecule has 1 N–H and O–H groups in total.